The Morgan fingerprint density at radius 1 is 1.29 bits per heavy atom. The van der Waals surface area contributed by atoms with Crippen molar-refractivity contribution >= 4 is 29.5 Å². The molecule has 4 aliphatic heterocycles. The quantitative estimate of drug-likeness (QED) is 0.344. The smallest absolute Gasteiger partial charge is 0.353 e. The third-order valence-corrected chi connectivity index (χ3v) is 7.74. The third-order valence-electron chi connectivity index (χ3n) is 6.40. The van der Waals surface area contributed by atoms with Crippen LogP contribution in [0.2, 0.25) is 0 Å². The van der Waals surface area contributed by atoms with Gasteiger partial charge < -0.3 is 31.5 Å². The molecule has 3 saturated heterocycles. The molecule has 154 valence electrons. The van der Waals surface area contributed by atoms with Gasteiger partial charge in [0.05, 0.1) is 24.1 Å². The summed E-state index contributed by atoms with van der Waals surface area (Å²) in [5.74, 6) is -1.91. The van der Waals surface area contributed by atoms with Gasteiger partial charge in [0.15, 0.2) is 0 Å². The first-order valence-corrected chi connectivity index (χ1v) is 10.6. The van der Waals surface area contributed by atoms with E-state index >= 15 is 0 Å². The molecule has 0 aromatic carbocycles. The molecule has 0 aromatic heterocycles. The van der Waals surface area contributed by atoms with E-state index in [4.69, 9.17) is 5.73 Å². The number of aliphatic hydroxyl groups is 1. The van der Waals surface area contributed by atoms with Crippen molar-refractivity contribution in [1.29, 1.82) is 0 Å². The Hall–Kier alpha value is -1.62. The van der Waals surface area contributed by atoms with Crippen LogP contribution in [0.15, 0.2) is 10.6 Å². The van der Waals surface area contributed by atoms with Crippen molar-refractivity contribution in [3.8, 4) is 0 Å². The Balaban J connectivity index is 1.40. The molecule has 9 nitrogen and oxygen atoms in total. The van der Waals surface area contributed by atoms with Gasteiger partial charge in [-0.05, 0) is 25.7 Å². The van der Waals surface area contributed by atoms with Gasteiger partial charge in [0, 0.05) is 35.7 Å². The molecule has 2 unspecified atom stereocenters. The van der Waals surface area contributed by atoms with Crippen LogP contribution in [0.5, 0.6) is 0 Å². The van der Waals surface area contributed by atoms with Crippen LogP contribution >= 0.6 is 11.8 Å². The van der Waals surface area contributed by atoms with Crippen molar-refractivity contribution in [2.24, 2.45) is 17.6 Å². The van der Waals surface area contributed by atoms with Crippen molar-refractivity contribution in [2.45, 2.75) is 55.7 Å². The molecule has 0 bridgehead atoms. The first-order valence-electron chi connectivity index (χ1n) is 9.68. The van der Waals surface area contributed by atoms with Gasteiger partial charge in [-0.15, -0.1) is 11.8 Å². The number of carbonyl (C=O) groups is 3. The first kappa shape index (κ1) is 19.7. The zero-order valence-corrected chi connectivity index (χ0v) is 16.4. The van der Waals surface area contributed by atoms with Gasteiger partial charge >= 0.3 is 5.97 Å². The number of aliphatic hydroxyl groups excluding tert-OH is 1. The molecule has 7 atom stereocenters. The summed E-state index contributed by atoms with van der Waals surface area (Å²) in [5.41, 5.74) is 5.46. The second-order valence-electron chi connectivity index (χ2n) is 8.17. The average Bonchev–Trinajstić information content (AvgIpc) is 3.31. The van der Waals surface area contributed by atoms with Crippen molar-refractivity contribution in [1.82, 2.24) is 15.5 Å². The highest BCUT2D eigenvalue weighted by Crippen LogP contribution is 2.48. The van der Waals surface area contributed by atoms with Crippen LogP contribution in [0.25, 0.3) is 0 Å². The average molecular weight is 410 g/mol. The Kier molecular flexibility index (Phi) is 5.15. The monoisotopic (exact) mass is 410 g/mol. The lowest BCUT2D eigenvalue weighted by Gasteiger charge is -2.44. The molecule has 3 fully saturated rings. The molecule has 2 amide bonds. The normalized spacial score (nSPS) is 38.5. The lowest BCUT2D eigenvalue weighted by Crippen LogP contribution is -2.61. The van der Waals surface area contributed by atoms with E-state index in [2.05, 4.69) is 10.6 Å². The molecule has 28 heavy (non-hydrogen) atoms. The van der Waals surface area contributed by atoms with Gasteiger partial charge in [0.2, 0.25) is 11.8 Å². The van der Waals surface area contributed by atoms with E-state index in [1.54, 1.807) is 6.92 Å². The number of aliphatic carboxylic acids is 1. The van der Waals surface area contributed by atoms with E-state index < -0.39 is 18.0 Å². The van der Waals surface area contributed by atoms with Crippen molar-refractivity contribution < 1.29 is 24.6 Å². The van der Waals surface area contributed by atoms with E-state index in [0.29, 0.717) is 18.8 Å². The van der Waals surface area contributed by atoms with Gasteiger partial charge in [0.25, 0.3) is 0 Å². The maximum Gasteiger partial charge on any atom is 0.353 e. The molecular formula is C18H26N4O5S. The van der Waals surface area contributed by atoms with Crippen molar-refractivity contribution in [2.75, 3.05) is 13.1 Å². The number of amides is 2. The fourth-order valence-corrected chi connectivity index (χ4v) is 6.46. The van der Waals surface area contributed by atoms with Crippen LogP contribution in [-0.4, -0.2) is 75.5 Å². The molecule has 0 saturated carbocycles. The van der Waals surface area contributed by atoms with Gasteiger partial charge in [0.1, 0.15) is 5.70 Å². The molecule has 10 heteroatoms. The summed E-state index contributed by atoms with van der Waals surface area (Å²) in [5, 5.41) is 26.3. The second-order valence-corrected chi connectivity index (χ2v) is 9.57. The summed E-state index contributed by atoms with van der Waals surface area (Å²) in [4.78, 5) is 37.5. The molecule has 4 rings (SSSR count). The highest BCUT2D eigenvalue weighted by Gasteiger charge is 2.57. The number of hydrogen-bond acceptors (Lipinski definition) is 7. The Morgan fingerprint density at radius 3 is 2.64 bits per heavy atom. The minimum Gasteiger partial charge on any atom is -0.477 e. The molecule has 0 aliphatic carbocycles. The summed E-state index contributed by atoms with van der Waals surface area (Å²) >= 11 is 1.53. The van der Waals surface area contributed by atoms with Gasteiger partial charge in [-0.2, -0.15) is 0 Å². The fourth-order valence-electron chi connectivity index (χ4n) is 5.01. The molecule has 4 heterocycles. The zero-order chi connectivity index (χ0) is 20.2. The van der Waals surface area contributed by atoms with E-state index in [-0.39, 0.29) is 40.9 Å². The molecule has 6 N–H and O–H groups in total. The van der Waals surface area contributed by atoms with E-state index in [9.17, 15) is 24.6 Å². The highest BCUT2D eigenvalue weighted by molar-refractivity contribution is 8.03. The molecule has 4 aliphatic rings. The van der Waals surface area contributed by atoms with Crippen LogP contribution in [0.4, 0.5) is 0 Å². The summed E-state index contributed by atoms with van der Waals surface area (Å²) in [6.07, 6.45) is 1.30. The number of nitrogens with zero attached hydrogens (tertiary/aromatic N) is 1. The summed E-state index contributed by atoms with van der Waals surface area (Å²) in [6.45, 7) is 3.07. The largest absolute Gasteiger partial charge is 0.477 e. The fraction of sp³-hybridized carbons (Fsp3) is 0.722. The highest BCUT2D eigenvalue weighted by atomic mass is 32.2. The first-order chi connectivity index (χ1) is 13.3. The number of carboxylic acid groups (broad SMARTS) is 1. The lowest BCUT2D eigenvalue weighted by molar-refractivity contribution is -0.161. The maximum absolute atomic E-state index is 12.3. The molecule has 0 radical (unpaired) electrons. The predicted molar refractivity (Wildman–Crippen MR) is 102 cm³/mol. The number of rotatable bonds is 6. The Bertz CT molecular complexity index is 741. The SMILES string of the molecule is C[C@@H](O)[C@H]1C(=O)N2C(C(=O)O)=C(S[C@@H]3CN[C@H](C4CNC(C(N)=O)C4)C3)C[C@H]12. The number of carbonyl (C=O) groups excluding carboxylic acids is 2. The van der Waals surface area contributed by atoms with Crippen LogP contribution in [0, 0.1) is 11.8 Å². The minimum absolute atomic E-state index is 0.0803. The Labute approximate surface area is 167 Å². The standard InChI is InChI=1S/C18H26N4O5S/c1-7(23)14-12-4-13(15(18(26)27)22(12)17(14)25)28-9-3-10(21-6-9)8-2-11(16(19)24)20-5-8/h7-12,14,20-21,23H,2-6H2,1H3,(H2,19,24)(H,26,27)/t7-,8?,9+,10+,11?,12-,14-/m1/s1. The lowest BCUT2D eigenvalue weighted by atomic mass is 9.83. The summed E-state index contributed by atoms with van der Waals surface area (Å²) in [7, 11) is 0. The minimum atomic E-state index is -1.09. The van der Waals surface area contributed by atoms with Crippen LogP contribution in [-0.2, 0) is 14.4 Å². The van der Waals surface area contributed by atoms with E-state index in [1.807, 2.05) is 0 Å². The number of thioether (sulfide) groups is 1. The number of fused-ring (bicyclic) bond motifs is 1. The predicted octanol–water partition coefficient (Wildman–Crippen LogP) is -1.18. The third kappa shape index (κ3) is 3.22. The topological polar surface area (TPSA) is 145 Å². The molecule has 0 spiro atoms. The Morgan fingerprint density at radius 2 is 2.04 bits per heavy atom. The number of nitrogens with two attached hydrogens (primary N) is 1. The van der Waals surface area contributed by atoms with Crippen LogP contribution in [0.3, 0.4) is 0 Å². The zero-order valence-electron chi connectivity index (χ0n) is 15.6. The van der Waals surface area contributed by atoms with Crippen LogP contribution < -0.4 is 16.4 Å². The van der Waals surface area contributed by atoms with Gasteiger partial charge in [-0.3, -0.25) is 9.59 Å². The van der Waals surface area contributed by atoms with Crippen LogP contribution in [0.1, 0.15) is 26.2 Å². The van der Waals surface area contributed by atoms with Gasteiger partial charge in [-0.1, -0.05) is 0 Å². The van der Waals surface area contributed by atoms with Gasteiger partial charge in [-0.25, -0.2) is 4.79 Å². The maximum atomic E-state index is 12.3. The number of β-lactam (4-membered cyclic amide) rings is 1. The number of primary amides is 1. The number of hydrogen-bond donors (Lipinski definition) is 5. The van der Waals surface area contributed by atoms with E-state index in [1.165, 1.54) is 16.7 Å². The molecular weight excluding hydrogens is 384 g/mol. The van der Waals surface area contributed by atoms with Crippen molar-refractivity contribution in [3.63, 3.8) is 0 Å². The van der Waals surface area contributed by atoms with E-state index in [0.717, 1.165) is 24.4 Å². The van der Waals surface area contributed by atoms with Crippen molar-refractivity contribution in [3.05, 3.63) is 10.6 Å². The second kappa shape index (κ2) is 7.33. The number of carboxylic acids is 1. The summed E-state index contributed by atoms with van der Waals surface area (Å²) < 4.78 is 0. The summed E-state index contributed by atoms with van der Waals surface area (Å²) in [6, 6.07) is -0.267. The molecule has 0 aromatic rings. The number of nitrogens with one attached hydrogen (secondary N) is 2.